The van der Waals surface area contributed by atoms with Gasteiger partial charge in [0.05, 0.1) is 0 Å². The van der Waals surface area contributed by atoms with Crippen molar-refractivity contribution in [2.45, 2.75) is 48.5 Å². The number of aromatic hydroxyl groups is 2. The van der Waals surface area contributed by atoms with E-state index >= 15 is 0 Å². The van der Waals surface area contributed by atoms with Gasteiger partial charge in [0.25, 0.3) is 0 Å². The summed E-state index contributed by atoms with van der Waals surface area (Å²) in [5, 5.41) is 23.0. The summed E-state index contributed by atoms with van der Waals surface area (Å²) in [6.45, 7) is 14.5. The SMILES string of the molecule is CC.CC.CC(C)C.Oc1ccc2cc(Oc3ccc4cc(O)ccc4c3)ccc2c1. The fourth-order valence-electron chi connectivity index (χ4n) is 2.69. The number of phenols is 2. The van der Waals surface area contributed by atoms with E-state index in [2.05, 4.69) is 20.8 Å². The smallest absolute Gasteiger partial charge is 0.128 e. The van der Waals surface area contributed by atoms with E-state index in [4.69, 9.17) is 4.74 Å². The Morgan fingerprint density at radius 3 is 1.16 bits per heavy atom. The van der Waals surface area contributed by atoms with Gasteiger partial charge in [-0.2, -0.15) is 0 Å². The summed E-state index contributed by atoms with van der Waals surface area (Å²) in [5.41, 5.74) is 0. The van der Waals surface area contributed by atoms with E-state index in [0.29, 0.717) is 0 Å². The Labute approximate surface area is 186 Å². The number of hydrogen-bond donors (Lipinski definition) is 2. The summed E-state index contributed by atoms with van der Waals surface area (Å²) in [6.07, 6.45) is 0. The van der Waals surface area contributed by atoms with Crippen molar-refractivity contribution < 1.29 is 14.9 Å². The predicted octanol–water partition coefficient (Wildman–Crippen LogP) is 8.91. The first kappa shape index (κ1) is 25.8. The number of ether oxygens (including phenoxy) is 1. The van der Waals surface area contributed by atoms with Gasteiger partial charge in [0, 0.05) is 0 Å². The van der Waals surface area contributed by atoms with Crippen LogP contribution in [0.4, 0.5) is 0 Å². The molecule has 0 saturated carbocycles. The largest absolute Gasteiger partial charge is 0.508 e. The van der Waals surface area contributed by atoms with Crippen LogP contribution < -0.4 is 4.74 Å². The van der Waals surface area contributed by atoms with Gasteiger partial charge in [0.1, 0.15) is 23.0 Å². The molecule has 2 N–H and O–H groups in total. The zero-order chi connectivity index (χ0) is 23.4. The molecular formula is C28H36O3. The molecule has 4 aromatic carbocycles. The van der Waals surface area contributed by atoms with Crippen LogP contribution in [0.5, 0.6) is 23.0 Å². The molecule has 0 atom stereocenters. The normalized spacial score (nSPS) is 9.68. The lowest BCUT2D eigenvalue weighted by atomic mass is 10.1. The number of hydrogen-bond acceptors (Lipinski definition) is 3. The molecular weight excluding hydrogens is 384 g/mol. The van der Waals surface area contributed by atoms with Crippen LogP contribution in [-0.4, -0.2) is 10.2 Å². The van der Waals surface area contributed by atoms with E-state index in [9.17, 15) is 10.2 Å². The lowest BCUT2D eigenvalue weighted by Crippen LogP contribution is -1.85. The number of fused-ring (bicyclic) bond motifs is 2. The molecule has 166 valence electrons. The van der Waals surface area contributed by atoms with Gasteiger partial charge in [-0.15, -0.1) is 0 Å². The predicted molar refractivity (Wildman–Crippen MR) is 135 cm³/mol. The Morgan fingerprint density at radius 1 is 0.516 bits per heavy atom. The topological polar surface area (TPSA) is 49.7 Å². The van der Waals surface area contributed by atoms with E-state index in [1.165, 1.54) is 0 Å². The minimum Gasteiger partial charge on any atom is -0.508 e. The fraction of sp³-hybridized carbons (Fsp3) is 0.286. The third kappa shape index (κ3) is 8.21. The number of rotatable bonds is 2. The standard InChI is InChI=1S/C20H14O3.C4H10.2C2H6/c21-17-5-1-15-11-19(7-3-13(15)9-17)23-20-8-4-14-10-18(22)6-2-16(14)12-20;1-4(2)3;2*1-2/h1-12,21-22H;4H,1-3H3;2*1-2H3. The van der Waals surface area contributed by atoms with Crippen LogP contribution in [0.15, 0.2) is 72.8 Å². The maximum absolute atomic E-state index is 9.51. The first-order valence-corrected chi connectivity index (χ1v) is 11.0. The Morgan fingerprint density at radius 2 is 0.806 bits per heavy atom. The summed E-state index contributed by atoms with van der Waals surface area (Å²) in [5.74, 6) is 2.82. The van der Waals surface area contributed by atoms with Crippen molar-refractivity contribution in [2.24, 2.45) is 5.92 Å². The van der Waals surface area contributed by atoms with Crippen molar-refractivity contribution in [1.29, 1.82) is 0 Å². The van der Waals surface area contributed by atoms with Gasteiger partial charge >= 0.3 is 0 Å². The van der Waals surface area contributed by atoms with Crippen LogP contribution in [0.2, 0.25) is 0 Å². The lowest BCUT2D eigenvalue weighted by Gasteiger charge is -2.08. The van der Waals surface area contributed by atoms with Crippen molar-refractivity contribution >= 4 is 21.5 Å². The first-order valence-electron chi connectivity index (χ1n) is 11.0. The average Bonchev–Trinajstić information content (AvgIpc) is 2.76. The Bertz CT molecular complexity index is 982. The van der Waals surface area contributed by atoms with E-state index in [-0.39, 0.29) is 11.5 Å². The Hall–Kier alpha value is -3.20. The summed E-state index contributed by atoms with van der Waals surface area (Å²) in [4.78, 5) is 0. The second-order valence-electron chi connectivity index (χ2n) is 7.22. The van der Waals surface area contributed by atoms with Gasteiger partial charge in [-0.25, -0.2) is 0 Å². The van der Waals surface area contributed by atoms with Gasteiger partial charge in [0.15, 0.2) is 0 Å². The van der Waals surface area contributed by atoms with Crippen LogP contribution in [0, 0.1) is 5.92 Å². The quantitative estimate of drug-likeness (QED) is 0.340. The zero-order valence-corrected chi connectivity index (χ0v) is 19.8. The second kappa shape index (κ2) is 13.2. The van der Waals surface area contributed by atoms with Crippen LogP contribution in [0.25, 0.3) is 21.5 Å². The molecule has 0 radical (unpaired) electrons. The summed E-state index contributed by atoms with van der Waals surface area (Å²) in [7, 11) is 0. The summed E-state index contributed by atoms with van der Waals surface area (Å²) >= 11 is 0. The van der Waals surface area contributed by atoms with Crippen molar-refractivity contribution in [1.82, 2.24) is 0 Å². The van der Waals surface area contributed by atoms with Crippen molar-refractivity contribution in [3.8, 4) is 23.0 Å². The molecule has 0 amide bonds. The minimum atomic E-state index is 0.254. The maximum atomic E-state index is 9.51. The zero-order valence-electron chi connectivity index (χ0n) is 19.8. The molecule has 0 aromatic heterocycles. The third-order valence-corrected chi connectivity index (χ3v) is 3.83. The molecule has 0 aliphatic carbocycles. The van der Waals surface area contributed by atoms with Crippen LogP contribution in [0.3, 0.4) is 0 Å². The Kier molecular flexibility index (Phi) is 11.0. The van der Waals surface area contributed by atoms with E-state index in [1.54, 1.807) is 24.3 Å². The maximum Gasteiger partial charge on any atom is 0.128 e. The minimum absolute atomic E-state index is 0.254. The van der Waals surface area contributed by atoms with E-state index < -0.39 is 0 Å². The highest BCUT2D eigenvalue weighted by molar-refractivity contribution is 5.86. The van der Waals surface area contributed by atoms with Crippen LogP contribution >= 0.6 is 0 Å². The van der Waals surface area contributed by atoms with E-state index in [0.717, 1.165) is 39.0 Å². The molecule has 3 nitrogen and oxygen atoms in total. The van der Waals surface area contributed by atoms with Crippen LogP contribution in [0.1, 0.15) is 48.5 Å². The number of phenolic OH excluding ortho intramolecular Hbond substituents is 2. The third-order valence-electron chi connectivity index (χ3n) is 3.83. The molecule has 0 spiro atoms. The van der Waals surface area contributed by atoms with Crippen molar-refractivity contribution in [3.05, 3.63) is 72.8 Å². The molecule has 0 fully saturated rings. The van der Waals surface area contributed by atoms with Gasteiger partial charge in [0.2, 0.25) is 0 Å². The van der Waals surface area contributed by atoms with Crippen LogP contribution in [-0.2, 0) is 0 Å². The molecule has 0 aliphatic rings. The fourth-order valence-corrected chi connectivity index (χ4v) is 2.69. The van der Waals surface area contributed by atoms with Crippen molar-refractivity contribution in [3.63, 3.8) is 0 Å². The van der Waals surface area contributed by atoms with Gasteiger partial charge in [-0.1, -0.05) is 72.7 Å². The molecule has 0 unspecified atom stereocenters. The summed E-state index contributed by atoms with van der Waals surface area (Å²) < 4.78 is 5.93. The second-order valence-corrected chi connectivity index (χ2v) is 7.22. The molecule has 4 aromatic rings. The Balaban J connectivity index is 0.000000532. The molecule has 0 saturated heterocycles. The lowest BCUT2D eigenvalue weighted by molar-refractivity contribution is 0.475. The molecule has 3 heteroatoms. The van der Waals surface area contributed by atoms with E-state index in [1.807, 2.05) is 76.2 Å². The van der Waals surface area contributed by atoms with Crippen molar-refractivity contribution in [2.75, 3.05) is 0 Å². The first-order chi connectivity index (χ1) is 14.9. The molecule has 4 rings (SSSR count). The van der Waals surface area contributed by atoms with Gasteiger partial charge in [-0.3, -0.25) is 0 Å². The highest BCUT2D eigenvalue weighted by atomic mass is 16.5. The molecule has 0 heterocycles. The molecule has 0 aliphatic heterocycles. The number of benzene rings is 4. The summed E-state index contributed by atoms with van der Waals surface area (Å²) in [6, 6.07) is 22.0. The van der Waals surface area contributed by atoms with Gasteiger partial charge in [-0.05, 0) is 76.0 Å². The highest BCUT2D eigenvalue weighted by Gasteiger charge is 2.03. The average molecular weight is 421 g/mol. The monoisotopic (exact) mass is 420 g/mol. The van der Waals surface area contributed by atoms with Gasteiger partial charge < -0.3 is 14.9 Å². The molecule has 0 bridgehead atoms. The highest BCUT2D eigenvalue weighted by Crippen LogP contribution is 2.30. The molecule has 31 heavy (non-hydrogen) atoms.